The molecule has 2 aromatic rings. The molecule has 1 heterocycles. The maximum Gasteiger partial charge on any atom is 0.240 e. The van der Waals surface area contributed by atoms with Gasteiger partial charge in [-0.05, 0) is 23.8 Å². The number of nitrogens with zero attached hydrogens (tertiary/aromatic N) is 2. The molecule has 5 nitrogen and oxygen atoms in total. The van der Waals surface area contributed by atoms with E-state index >= 15 is 0 Å². The molecule has 0 bridgehead atoms. The zero-order valence-corrected chi connectivity index (χ0v) is 12.7. The molecule has 0 spiro atoms. The number of halogens is 3. The Balaban J connectivity index is 2.10. The van der Waals surface area contributed by atoms with Crippen molar-refractivity contribution in [1.29, 1.82) is 0 Å². The Kier molecular flexibility index (Phi) is 5.51. The highest BCUT2D eigenvalue weighted by atomic mass is 19.2. The number of carbonyl (C=O) groups excluding carboxylic acids is 2. The van der Waals surface area contributed by atoms with Gasteiger partial charge in [-0.2, -0.15) is 0 Å². The highest BCUT2D eigenvalue weighted by Gasteiger charge is 2.23. The van der Waals surface area contributed by atoms with E-state index in [0.29, 0.717) is 6.07 Å². The third-order valence-electron chi connectivity index (χ3n) is 3.20. The minimum atomic E-state index is -1.70. The minimum absolute atomic E-state index is 0.165. The van der Waals surface area contributed by atoms with E-state index in [-0.39, 0.29) is 6.54 Å². The molecule has 24 heavy (non-hydrogen) atoms. The van der Waals surface area contributed by atoms with Crippen molar-refractivity contribution < 1.29 is 22.8 Å². The summed E-state index contributed by atoms with van der Waals surface area (Å²) in [6.45, 7) is 0.728. The van der Waals surface area contributed by atoms with Crippen LogP contribution in [-0.2, 0) is 16.1 Å². The van der Waals surface area contributed by atoms with E-state index in [2.05, 4.69) is 10.3 Å². The van der Waals surface area contributed by atoms with Crippen LogP contribution in [0.2, 0.25) is 0 Å². The zero-order valence-electron chi connectivity index (χ0n) is 12.7. The van der Waals surface area contributed by atoms with Gasteiger partial charge in [-0.25, -0.2) is 13.2 Å². The minimum Gasteiger partial charge on any atom is -0.350 e. The first-order valence-corrected chi connectivity index (χ1v) is 6.97. The van der Waals surface area contributed by atoms with Gasteiger partial charge in [-0.15, -0.1) is 0 Å². The van der Waals surface area contributed by atoms with Crippen LogP contribution in [0.4, 0.5) is 18.9 Å². The SMILES string of the molecule is CC(=O)N(CC(=O)NCc1cccnc1)c1ccc(F)c(F)c1F. The maximum atomic E-state index is 13.8. The fourth-order valence-electron chi connectivity index (χ4n) is 1.99. The molecule has 0 saturated heterocycles. The molecule has 2 amide bonds. The molecular weight excluding hydrogens is 323 g/mol. The Morgan fingerprint density at radius 1 is 1.17 bits per heavy atom. The van der Waals surface area contributed by atoms with E-state index in [9.17, 15) is 22.8 Å². The van der Waals surface area contributed by atoms with Crippen molar-refractivity contribution in [3.63, 3.8) is 0 Å². The zero-order chi connectivity index (χ0) is 17.7. The number of carbonyl (C=O) groups is 2. The Morgan fingerprint density at radius 2 is 1.92 bits per heavy atom. The predicted molar refractivity (Wildman–Crippen MR) is 80.4 cm³/mol. The van der Waals surface area contributed by atoms with Gasteiger partial charge in [-0.3, -0.25) is 14.6 Å². The molecule has 0 fully saturated rings. The second-order valence-electron chi connectivity index (χ2n) is 4.94. The topological polar surface area (TPSA) is 62.3 Å². The first-order chi connectivity index (χ1) is 11.4. The molecule has 0 aliphatic heterocycles. The van der Waals surface area contributed by atoms with E-state index in [1.54, 1.807) is 24.5 Å². The van der Waals surface area contributed by atoms with Gasteiger partial charge in [0.15, 0.2) is 17.5 Å². The molecular formula is C16H14F3N3O2. The van der Waals surface area contributed by atoms with Crippen LogP contribution in [0.3, 0.4) is 0 Å². The van der Waals surface area contributed by atoms with Crippen molar-refractivity contribution in [2.75, 3.05) is 11.4 Å². The van der Waals surface area contributed by atoms with Crippen LogP contribution in [0.1, 0.15) is 12.5 Å². The second kappa shape index (κ2) is 7.58. The lowest BCUT2D eigenvalue weighted by Gasteiger charge is -2.21. The Labute approximate surface area is 136 Å². The summed E-state index contributed by atoms with van der Waals surface area (Å²) < 4.78 is 40.1. The number of rotatable bonds is 5. The molecule has 0 radical (unpaired) electrons. The number of hydrogen-bond donors (Lipinski definition) is 1. The van der Waals surface area contributed by atoms with Crippen LogP contribution in [0.25, 0.3) is 0 Å². The molecule has 0 atom stereocenters. The molecule has 126 valence electrons. The average molecular weight is 337 g/mol. The average Bonchev–Trinajstić information content (AvgIpc) is 2.57. The molecule has 1 aromatic heterocycles. The summed E-state index contributed by atoms with van der Waals surface area (Å²) in [5.41, 5.74) is 0.233. The summed E-state index contributed by atoms with van der Waals surface area (Å²) in [5.74, 6) is -5.87. The van der Waals surface area contributed by atoms with Crippen LogP contribution < -0.4 is 10.2 Å². The standard InChI is InChI=1S/C16H14F3N3O2/c1-10(23)22(13-5-4-12(17)15(18)16(13)19)9-14(24)21-8-11-3-2-6-20-7-11/h2-7H,8-9H2,1H3,(H,21,24). The molecule has 0 aliphatic rings. The van der Waals surface area contributed by atoms with Gasteiger partial charge in [0.2, 0.25) is 11.8 Å². The van der Waals surface area contributed by atoms with E-state index in [1.807, 2.05) is 0 Å². The third-order valence-corrected chi connectivity index (χ3v) is 3.20. The van der Waals surface area contributed by atoms with Gasteiger partial charge < -0.3 is 10.2 Å². The molecule has 1 N–H and O–H groups in total. The van der Waals surface area contributed by atoms with Crippen molar-refractivity contribution in [3.05, 3.63) is 59.7 Å². The summed E-state index contributed by atoms with van der Waals surface area (Å²) in [6, 6.07) is 5.03. The lowest BCUT2D eigenvalue weighted by Crippen LogP contribution is -2.40. The van der Waals surface area contributed by atoms with Gasteiger partial charge in [-0.1, -0.05) is 6.07 Å². The Bertz CT molecular complexity index is 754. The van der Waals surface area contributed by atoms with Crippen LogP contribution >= 0.6 is 0 Å². The van der Waals surface area contributed by atoms with Gasteiger partial charge >= 0.3 is 0 Å². The Morgan fingerprint density at radius 3 is 2.54 bits per heavy atom. The molecule has 0 aliphatic carbocycles. The number of amides is 2. The van der Waals surface area contributed by atoms with Crippen molar-refractivity contribution in [3.8, 4) is 0 Å². The van der Waals surface area contributed by atoms with Crippen molar-refractivity contribution >= 4 is 17.5 Å². The summed E-state index contributed by atoms with van der Waals surface area (Å²) in [6.07, 6.45) is 3.13. The van der Waals surface area contributed by atoms with E-state index in [4.69, 9.17) is 0 Å². The summed E-state index contributed by atoms with van der Waals surface area (Å²) >= 11 is 0. The van der Waals surface area contributed by atoms with Gasteiger partial charge in [0, 0.05) is 25.9 Å². The van der Waals surface area contributed by atoms with Crippen LogP contribution in [0, 0.1) is 17.5 Å². The number of aromatic nitrogens is 1. The lowest BCUT2D eigenvalue weighted by atomic mass is 10.2. The summed E-state index contributed by atoms with van der Waals surface area (Å²) in [7, 11) is 0. The highest BCUT2D eigenvalue weighted by Crippen LogP contribution is 2.23. The van der Waals surface area contributed by atoms with Gasteiger partial charge in [0.25, 0.3) is 0 Å². The maximum absolute atomic E-state index is 13.8. The fourth-order valence-corrected chi connectivity index (χ4v) is 1.99. The quantitative estimate of drug-likeness (QED) is 0.851. The van der Waals surface area contributed by atoms with Crippen LogP contribution in [0.5, 0.6) is 0 Å². The van der Waals surface area contributed by atoms with Gasteiger partial charge in [0.05, 0.1) is 5.69 Å². The summed E-state index contributed by atoms with van der Waals surface area (Å²) in [4.78, 5) is 28.2. The van der Waals surface area contributed by atoms with E-state index < -0.39 is 41.5 Å². The largest absolute Gasteiger partial charge is 0.350 e. The van der Waals surface area contributed by atoms with Gasteiger partial charge in [0.1, 0.15) is 6.54 Å². The normalized spacial score (nSPS) is 10.3. The first-order valence-electron chi connectivity index (χ1n) is 6.97. The van der Waals surface area contributed by atoms with Crippen molar-refractivity contribution in [2.24, 2.45) is 0 Å². The van der Waals surface area contributed by atoms with E-state index in [0.717, 1.165) is 23.5 Å². The first kappa shape index (κ1) is 17.5. The smallest absolute Gasteiger partial charge is 0.240 e. The lowest BCUT2D eigenvalue weighted by molar-refractivity contribution is -0.123. The highest BCUT2D eigenvalue weighted by molar-refractivity contribution is 5.97. The summed E-state index contributed by atoms with van der Waals surface area (Å²) in [5, 5.41) is 2.54. The van der Waals surface area contributed by atoms with E-state index in [1.165, 1.54) is 0 Å². The Hall–Kier alpha value is -2.90. The number of nitrogens with one attached hydrogen (secondary N) is 1. The number of anilines is 1. The number of benzene rings is 1. The second-order valence-corrected chi connectivity index (χ2v) is 4.94. The third kappa shape index (κ3) is 4.09. The fraction of sp³-hybridized carbons (Fsp3) is 0.188. The van der Waals surface area contributed by atoms with Crippen LogP contribution in [0.15, 0.2) is 36.7 Å². The predicted octanol–water partition coefficient (Wildman–Crippen LogP) is 2.17. The molecule has 0 unspecified atom stereocenters. The number of hydrogen-bond acceptors (Lipinski definition) is 3. The monoisotopic (exact) mass is 337 g/mol. The van der Waals surface area contributed by atoms with Crippen molar-refractivity contribution in [1.82, 2.24) is 10.3 Å². The molecule has 2 rings (SSSR count). The van der Waals surface area contributed by atoms with Crippen LogP contribution in [-0.4, -0.2) is 23.3 Å². The molecule has 8 heteroatoms. The van der Waals surface area contributed by atoms with Crippen molar-refractivity contribution in [2.45, 2.75) is 13.5 Å². The molecule has 1 aromatic carbocycles. The molecule has 0 saturated carbocycles. The number of pyridine rings is 1.